The third-order valence-electron chi connectivity index (χ3n) is 2.81. The summed E-state index contributed by atoms with van der Waals surface area (Å²) in [5, 5.41) is 9.86. The minimum absolute atomic E-state index is 0.317. The van der Waals surface area contributed by atoms with Crippen molar-refractivity contribution in [2.45, 2.75) is 45.8 Å². The van der Waals surface area contributed by atoms with E-state index in [0.717, 1.165) is 6.42 Å². The first kappa shape index (κ1) is 16.8. The maximum Gasteiger partial charge on any atom is 0.347 e. The van der Waals surface area contributed by atoms with Crippen molar-refractivity contribution in [1.29, 1.82) is 0 Å². The van der Waals surface area contributed by atoms with Crippen molar-refractivity contribution in [1.82, 2.24) is 0 Å². The summed E-state index contributed by atoms with van der Waals surface area (Å²) >= 11 is 6.11. The van der Waals surface area contributed by atoms with Crippen LogP contribution in [0.5, 0.6) is 5.75 Å². The van der Waals surface area contributed by atoms with E-state index >= 15 is 0 Å². The highest BCUT2D eigenvalue weighted by molar-refractivity contribution is 6.32. The second kappa shape index (κ2) is 8.12. The van der Waals surface area contributed by atoms with Crippen LogP contribution in [0.3, 0.4) is 0 Å². The first-order valence-electron chi connectivity index (χ1n) is 6.80. The van der Waals surface area contributed by atoms with Gasteiger partial charge in [-0.15, -0.1) is 0 Å². The van der Waals surface area contributed by atoms with Crippen molar-refractivity contribution >= 4 is 17.6 Å². The molecule has 2 atom stereocenters. The lowest BCUT2D eigenvalue weighted by Gasteiger charge is -2.18. The van der Waals surface area contributed by atoms with Gasteiger partial charge in [0.1, 0.15) is 5.75 Å². The lowest BCUT2D eigenvalue weighted by Crippen LogP contribution is -2.29. The Morgan fingerprint density at radius 1 is 1.40 bits per heavy atom. The van der Waals surface area contributed by atoms with Gasteiger partial charge in [-0.05, 0) is 38.0 Å². The maximum atomic E-state index is 11.8. The predicted octanol–water partition coefficient (Wildman–Crippen LogP) is 3.50. The number of aliphatic hydroxyl groups is 1. The quantitative estimate of drug-likeness (QED) is 0.783. The van der Waals surface area contributed by atoms with E-state index in [2.05, 4.69) is 0 Å². The third kappa shape index (κ3) is 4.69. The molecule has 0 saturated heterocycles. The van der Waals surface area contributed by atoms with Gasteiger partial charge in [-0.25, -0.2) is 4.79 Å². The number of benzene rings is 1. The average molecular weight is 301 g/mol. The van der Waals surface area contributed by atoms with Gasteiger partial charge >= 0.3 is 5.97 Å². The molecule has 0 aliphatic carbocycles. The molecule has 0 saturated carbocycles. The molecule has 0 amide bonds. The molecule has 1 aromatic carbocycles. The lowest BCUT2D eigenvalue weighted by molar-refractivity contribution is -0.151. The molecule has 0 aliphatic heterocycles. The van der Waals surface area contributed by atoms with Gasteiger partial charge < -0.3 is 14.6 Å². The second-order valence-electron chi connectivity index (χ2n) is 4.51. The van der Waals surface area contributed by atoms with Gasteiger partial charge in [0.05, 0.1) is 17.7 Å². The van der Waals surface area contributed by atoms with E-state index in [1.807, 2.05) is 6.92 Å². The van der Waals surface area contributed by atoms with Gasteiger partial charge in [0.25, 0.3) is 0 Å². The summed E-state index contributed by atoms with van der Waals surface area (Å²) in [5.41, 5.74) is 0.700. The van der Waals surface area contributed by atoms with Crippen LogP contribution in [-0.4, -0.2) is 23.8 Å². The van der Waals surface area contributed by atoms with E-state index in [-0.39, 0.29) is 5.97 Å². The Kier molecular flexibility index (Phi) is 6.82. The van der Waals surface area contributed by atoms with Crippen LogP contribution in [0.4, 0.5) is 0 Å². The van der Waals surface area contributed by atoms with Crippen molar-refractivity contribution in [3.8, 4) is 5.75 Å². The fourth-order valence-electron chi connectivity index (χ4n) is 1.75. The summed E-state index contributed by atoms with van der Waals surface area (Å²) in [4.78, 5) is 11.8. The monoisotopic (exact) mass is 300 g/mol. The molecule has 5 heteroatoms. The van der Waals surface area contributed by atoms with E-state index in [0.29, 0.717) is 29.4 Å². The minimum Gasteiger partial charge on any atom is -0.477 e. The van der Waals surface area contributed by atoms with Gasteiger partial charge in [-0.1, -0.05) is 31.0 Å². The summed E-state index contributed by atoms with van der Waals surface area (Å²) in [7, 11) is 0. The molecule has 0 radical (unpaired) electrons. The van der Waals surface area contributed by atoms with Crippen LogP contribution >= 0.6 is 11.6 Å². The van der Waals surface area contributed by atoms with Crippen molar-refractivity contribution in [3.05, 3.63) is 28.8 Å². The molecule has 1 aromatic rings. The summed E-state index contributed by atoms with van der Waals surface area (Å²) in [5.74, 6) is 0.0348. The Labute approximate surface area is 124 Å². The Bertz CT molecular complexity index is 445. The van der Waals surface area contributed by atoms with Crippen LogP contribution in [0.15, 0.2) is 18.2 Å². The number of carbonyl (C=O) groups is 1. The van der Waals surface area contributed by atoms with Crippen LogP contribution in [0, 0.1) is 0 Å². The number of aliphatic hydroxyl groups excluding tert-OH is 1. The number of carbonyl (C=O) groups excluding carboxylic acids is 1. The number of rotatable bonds is 7. The van der Waals surface area contributed by atoms with Crippen molar-refractivity contribution in [2.75, 3.05) is 6.61 Å². The Hall–Kier alpha value is -1.26. The zero-order valence-corrected chi connectivity index (χ0v) is 12.8. The number of hydrogen-bond donors (Lipinski definition) is 1. The van der Waals surface area contributed by atoms with E-state index in [4.69, 9.17) is 21.1 Å². The summed E-state index contributed by atoms with van der Waals surface area (Å²) in [6.07, 6.45) is 0.105. The number of halogens is 1. The maximum absolute atomic E-state index is 11.8. The third-order valence-corrected chi connectivity index (χ3v) is 3.10. The largest absolute Gasteiger partial charge is 0.477 e. The molecule has 0 aliphatic rings. The smallest absolute Gasteiger partial charge is 0.347 e. The SMILES string of the molecule is CCCC(Oc1ccc([C@H](C)O)cc1Cl)C(=O)OCC. The molecule has 4 nitrogen and oxygen atoms in total. The van der Waals surface area contributed by atoms with Crippen LogP contribution < -0.4 is 4.74 Å². The van der Waals surface area contributed by atoms with Crippen molar-refractivity contribution < 1.29 is 19.4 Å². The molecule has 0 spiro atoms. The molecule has 0 aromatic heterocycles. The molecule has 1 unspecified atom stereocenters. The van der Waals surface area contributed by atoms with Crippen LogP contribution in [0.1, 0.15) is 45.3 Å². The molecule has 112 valence electrons. The number of ether oxygens (including phenoxy) is 2. The van der Waals surface area contributed by atoms with Crippen molar-refractivity contribution in [3.63, 3.8) is 0 Å². The molecule has 0 heterocycles. The Morgan fingerprint density at radius 3 is 2.60 bits per heavy atom. The molecular formula is C15H21ClO4. The molecule has 1 rings (SSSR count). The summed E-state index contributed by atoms with van der Waals surface area (Å²) in [6, 6.07) is 5.02. The highest BCUT2D eigenvalue weighted by Crippen LogP contribution is 2.29. The first-order valence-corrected chi connectivity index (χ1v) is 7.18. The normalized spacial score (nSPS) is 13.7. The van der Waals surface area contributed by atoms with E-state index in [1.54, 1.807) is 32.0 Å². The first-order chi connectivity index (χ1) is 9.49. The molecule has 0 bridgehead atoms. The van der Waals surface area contributed by atoms with Crippen LogP contribution in [0.2, 0.25) is 5.02 Å². The highest BCUT2D eigenvalue weighted by Gasteiger charge is 2.22. The highest BCUT2D eigenvalue weighted by atomic mass is 35.5. The van der Waals surface area contributed by atoms with Gasteiger partial charge in [0.2, 0.25) is 0 Å². The molecule has 1 N–H and O–H groups in total. The zero-order valence-electron chi connectivity index (χ0n) is 12.1. The molecule has 20 heavy (non-hydrogen) atoms. The second-order valence-corrected chi connectivity index (χ2v) is 4.92. The Balaban J connectivity index is 2.85. The minimum atomic E-state index is -0.658. The van der Waals surface area contributed by atoms with E-state index in [1.165, 1.54) is 0 Å². The van der Waals surface area contributed by atoms with E-state index in [9.17, 15) is 9.90 Å². The number of esters is 1. The topological polar surface area (TPSA) is 55.8 Å². The fraction of sp³-hybridized carbons (Fsp3) is 0.533. The molecule has 0 fully saturated rings. The molecular weight excluding hydrogens is 280 g/mol. The van der Waals surface area contributed by atoms with Crippen molar-refractivity contribution in [2.24, 2.45) is 0 Å². The standard InChI is InChI=1S/C15H21ClO4/c1-4-6-14(15(18)19-5-2)20-13-8-7-11(10(3)17)9-12(13)16/h7-10,14,17H,4-6H2,1-3H3/t10-,14?/m0/s1. The summed E-state index contributed by atoms with van der Waals surface area (Å²) < 4.78 is 10.6. The van der Waals surface area contributed by atoms with E-state index < -0.39 is 12.2 Å². The van der Waals surface area contributed by atoms with Crippen LogP contribution in [-0.2, 0) is 9.53 Å². The summed E-state index contributed by atoms with van der Waals surface area (Å²) in [6.45, 7) is 5.70. The Morgan fingerprint density at radius 2 is 2.10 bits per heavy atom. The average Bonchev–Trinajstić information content (AvgIpc) is 2.40. The number of hydrogen-bond acceptors (Lipinski definition) is 4. The zero-order chi connectivity index (χ0) is 15.1. The van der Waals surface area contributed by atoms with Gasteiger partial charge in [-0.3, -0.25) is 0 Å². The van der Waals surface area contributed by atoms with Gasteiger partial charge in [0.15, 0.2) is 6.10 Å². The fourth-order valence-corrected chi connectivity index (χ4v) is 1.98. The lowest BCUT2D eigenvalue weighted by atomic mass is 10.1. The van der Waals surface area contributed by atoms with Gasteiger partial charge in [-0.2, -0.15) is 0 Å². The predicted molar refractivity (Wildman–Crippen MR) is 78.0 cm³/mol. The van der Waals surface area contributed by atoms with Crippen LogP contribution in [0.25, 0.3) is 0 Å². The van der Waals surface area contributed by atoms with Gasteiger partial charge in [0, 0.05) is 0 Å².